The first kappa shape index (κ1) is 16.9. The second-order valence-corrected chi connectivity index (χ2v) is 6.51. The molecule has 0 atom stereocenters. The van der Waals surface area contributed by atoms with Crippen LogP contribution in [-0.4, -0.2) is 12.9 Å². The fraction of sp³-hybridized carbons (Fsp3) is 0.316. The number of methoxy groups -OCH3 is 1. The van der Waals surface area contributed by atoms with Gasteiger partial charge in [-0.2, -0.15) is 10.2 Å². The summed E-state index contributed by atoms with van der Waals surface area (Å²) in [5, 5.41) is 8.28. The van der Waals surface area contributed by atoms with E-state index in [1.807, 2.05) is 64.1 Å². The van der Waals surface area contributed by atoms with Crippen LogP contribution >= 0.6 is 0 Å². The Kier molecular flexibility index (Phi) is 4.94. The van der Waals surface area contributed by atoms with Gasteiger partial charge in [-0.3, -0.25) is 4.79 Å². The summed E-state index contributed by atoms with van der Waals surface area (Å²) in [4.78, 5) is 12.2. The van der Waals surface area contributed by atoms with Gasteiger partial charge in [0.1, 0.15) is 5.75 Å². The van der Waals surface area contributed by atoms with Crippen molar-refractivity contribution in [3.63, 3.8) is 0 Å². The molecule has 23 heavy (non-hydrogen) atoms. The number of nitrogens with zero attached hydrogens (tertiary/aromatic N) is 2. The Hall–Kier alpha value is -2.49. The fourth-order valence-electron chi connectivity index (χ4n) is 2.24. The second kappa shape index (κ2) is 6.73. The van der Waals surface area contributed by atoms with E-state index in [0.29, 0.717) is 0 Å². The summed E-state index contributed by atoms with van der Waals surface area (Å²) in [7, 11) is 1.62. The molecule has 0 bridgehead atoms. The predicted octanol–water partition coefficient (Wildman–Crippen LogP) is 5.16. The standard InChI is InChI=1S/C19H22N2O2/c1-13-10-14(11-17(18(13)22)19(2,3)4)12-20-21-15-6-8-16(23-5)9-7-15/h6-12H,1-5H3/b14-12-,21-20?. The van der Waals surface area contributed by atoms with Gasteiger partial charge in [0, 0.05) is 5.57 Å². The summed E-state index contributed by atoms with van der Waals surface area (Å²) in [6, 6.07) is 7.34. The van der Waals surface area contributed by atoms with Crippen molar-refractivity contribution in [1.29, 1.82) is 0 Å². The number of allylic oxidation sites excluding steroid dienone is 5. The minimum atomic E-state index is -0.196. The van der Waals surface area contributed by atoms with E-state index in [9.17, 15) is 4.79 Å². The van der Waals surface area contributed by atoms with Crippen LogP contribution in [0.25, 0.3) is 0 Å². The first-order chi connectivity index (χ1) is 10.8. The zero-order valence-corrected chi connectivity index (χ0v) is 14.3. The molecule has 0 radical (unpaired) electrons. The van der Waals surface area contributed by atoms with E-state index in [1.54, 1.807) is 13.3 Å². The number of carbonyl (C=O) groups is 1. The van der Waals surface area contributed by atoms with Crippen LogP contribution in [0.5, 0.6) is 5.75 Å². The molecule has 2 rings (SSSR count). The van der Waals surface area contributed by atoms with Gasteiger partial charge < -0.3 is 4.74 Å². The van der Waals surface area contributed by atoms with E-state index in [1.165, 1.54) is 0 Å². The molecule has 1 aromatic rings. The highest BCUT2D eigenvalue weighted by Crippen LogP contribution is 2.32. The number of rotatable bonds is 3. The van der Waals surface area contributed by atoms with Crippen molar-refractivity contribution >= 4 is 11.5 Å². The Bertz CT molecular complexity index is 715. The van der Waals surface area contributed by atoms with Crippen LogP contribution in [0.15, 0.2) is 69.6 Å². The van der Waals surface area contributed by atoms with Crippen molar-refractivity contribution < 1.29 is 9.53 Å². The van der Waals surface area contributed by atoms with E-state index in [4.69, 9.17) is 4.74 Å². The van der Waals surface area contributed by atoms with Crippen LogP contribution in [0.2, 0.25) is 0 Å². The van der Waals surface area contributed by atoms with Crippen molar-refractivity contribution in [3.8, 4) is 5.75 Å². The predicted molar refractivity (Wildman–Crippen MR) is 91.9 cm³/mol. The van der Waals surface area contributed by atoms with E-state index in [2.05, 4.69) is 10.2 Å². The normalized spacial score (nSPS) is 17.4. The molecule has 0 N–H and O–H groups in total. The maximum Gasteiger partial charge on any atom is 0.185 e. The van der Waals surface area contributed by atoms with Crippen molar-refractivity contribution in [2.45, 2.75) is 27.7 Å². The van der Waals surface area contributed by atoms with Crippen LogP contribution in [0, 0.1) is 5.41 Å². The highest BCUT2D eigenvalue weighted by atomic mass is 16.5. The molecular weight excluding hydrogens is 288 g/mol. The number of azo groups is 1. The molecule has 1 aromatic carbocycles. The average Bonchev–Trinajstić information content (AvgIpc) is 2.50. The fourth-order valence-corrected chi connectivity index (χ4v) is 2.24. The molecule has 0 aromatic heterocycles. The molecule has 0 heterocycles. The van der Waals surface area contributed by atoms with Gasteiger partial charge in [0.15, 0.2) is 5.78 Å². The molecule has 0 amide bonds. The topological polar surface area (TPSA) is 51.0 Å². The number of Topliss-reactive ketones (excluding diaryl/α,β-unsaturated/α-hetero) is 1. The molecule has 1 aliphatic carbocycles. The van der Waals surface area contributed by atoms with Crippen molar-refractivity contribution in [2.75, 3.05) is 7.11 Å². The third kappa shape index (κ3) is 4.25. The van der Waals surface area contributed by atoms with E-state index in [0.717, 1.165) is 28.2 Å². The van der Waals surface area contributed by atoms with E-state index >= 15 is 0 Å². The third-order valence-electron chi connectivity index (χ3n) is 3.56. The lowest BCUT2D eigenvalue weighted by molar-refractivity contribution is -0.113. The van der Waals surface area contributed by atoms with Gasteiger partial charge in [-0.05, 0) is 59.9 Å². The number of carbonyl (C=O) groups excluding carboxylic acids is 1. The lowest BCUT2D eigenvalue weighted by Gasteiger charge is -2.24. The first-order valence-electron chi connectivity index (χ1n) is 7.51. The Morgan fingerprint density at radius 3 is 2.30 bits per heavy atom. The second-order valence-electron chi connectivity index (χ2n) is 6.51. The Labute approximate surface area is 137 Å². The molecule has 4 nitrogen and oxygen atoms in total. The highest BCUT2D eigenvalue weighted by Gasteiger charge is 2.27. The highest BCUT2D eigenvalue weighted by molar-refractivity contribution is 6.10. The lowest BCUT2D eigenvalue weighted by Crippen LogP contribution is -2.21. The Balaban J connectivity index is 2.22. The van der Waals surface area contributed by atoms with Gasteiger partial charge in [-0.15, -0.1) is 0 Å². The molecule has 0 spiro atoms. The smallest absolute Gasteiger partial charge is 0.185 e. The zero-order chi connectivity index (χ0) is 17.0. The molecule has 1 aliphatic rings. The number of hydrogen-bond acceptors (Lipinski definition) is 4. The summed E-state index contributed by atoms with van der Waals surface area (Å²) in [5.74, 6) is 0.881. The third-order valence-corrected chi connectivity index (χ3v) is 3.56. The number of ether oxygens (including phenoxy) is 1. The SMILES string of the molecule is COc1ccc(N=N/C=C2/C=C(C)C(=O)C(C(C)(C)C)=C2)cc1. The molecule has 4 heteroatoms. The maximum absolute atomic E-state index is 12.2. The lowest BCUT2D eigenvalue weighted by atomic mass is 9.78. The van der Waals surface area contributed by atoms with Gasteiger partial charge in [-0.25, -0.2) is 0 Å². The Morgan fingerprint density at radius 2 is 1.74 bits per heavy atom. The summed E-state index contributed by atoms with van der Waals surface area (Å²) >= 11 is 0. The quantitative estimate of drug-likeness (QED) is 0.724. The first-order valence-corrected chi connectivity index (χ1v) is 7.51. The van der Waals surface area contributed by atoms with Crippen LogP contribution < -0.4 is 4.74 Å². The summed E-state index contributed by atoms with van der Waals surface area (Å²) < 4.78 is 5.10. The van der Waals surface area contributed by atoms with Crippen molar-refractivity contribution in [2.24, 2.45) is 15.6 Å². The summed E-state index contributed by atoms with van der Waals surface area (Å²) in [5.41, 5.74) is 2.95. The molecule has 0 unspecified atom stereocenters. The summed E-state index contributed by atoms with van der Waals surface area (Å²) in [6.07, 6.45) is 5.40. The van der Waals surface area contributed by atoms with Crippen LogP contribution in [0.1, 0.15) is 27.7 Å². The van der Waals surface area contributed by atoms with E-state index < -0.39 is 0 Å². The van der Waals surface area contributed by atoms with Gasteiger partial charge >= 0.3 is 0 Å². The molecule has 0 saturated carbocycles. The largest absolute Gasteiger partial charge is 0.497 e. The van der Waals surface area contributed by atoms with Crippen LogP contribution in [-0.2, 0) is 4.79 Å². The van der Waals surface area contributed by atoms with Crippen LogP contribution in [0.3, 0.4) is 0 Å². The molecule has 0 aliphatic heterocycles. The van der Waals surface area contributed by atoms with Crippen molar-refractivity contribution in [1.82, 2.24) is 0 Å². The van der Waals surface area contributed by atoms with Gasteiger partial charge in [0.25, 0.3) is 0 Å². The minimum Gasteiger partial charge on any atom is -0.497 e. The molecule has 0 saturated heterocycles. The monoisotopic (exact) mass is 310 g/mol. The summed E-state index contributed by atoms with van der Waals surface area (Å²) in [6.45, 7) is 7.93. The van der Waals surface area contributed by atoms with E-state index in [-0.39, 0.29) is 11.2 Å². The molecule has 120 valence electrons. The van der Waals surface area contributed by atoms with Crippen LogP contribution in [0.4, 0.5) is 5.69 Å². The molecular formula is C19H22N2O2. The van der Waals surface area contributed by atoms with Gasteiger partial charge in [0.05, 0.1) is 19.0 Å². The number of benzene rings is 1. The average molecular weight is 310 g/mol. The van der Waals surface area contributed by atoms with Gasteiger partial charge in [0.2, 0.25) is 0 Å². The number of hydrogen-bond donors (Lipinski definition) is 0. The Morgan fingerprint density at radius 1 is 1.09 bits per heavy atom. The minimum absolute atomic E-state index is 0.0988. The maximum atomic E-state index is 12.2. The molecule has 0 fully saturated rings. The zero-order valence-electron chi connectivity index (χ0n) is 14.3. The van der Waals surface area contributed by atoms with Gasteiger partial charge in [-0.1, -0.05) is 20.8 Å². The number of ketones is 1. The van der Waals surface area contributed by atoms with Crippen molar-refractivity contribution in [3.05, 3.63) is 59.3 Å².